The molecule has 1 aliphatic heterocycles. The van der Waals surface area contributed by atoms with Crippen LogP contribution in [-0.4, -0.2) is 36.3 Å². The first-order valence-electron chi connectivity index (χ1n) is 5.63. The van der Waals surface area contributed by atoms with Gasteiger partial charge in [-0.3, -0.25) is 19.8 Å². The number of nitrogens with one attached hydrogen (secondary N) is 1. The molecule has 2 amide bonds. The van der Waals surface area contributed by atoms with Crippen LogP contribution in [0.4, 0.5) is 0 Å². The minimum absolute atomic E-state index is 0.143. The molecule has 18 heavy (non-hydrogen) atoms. The summed E-state index contributed by atoms with van der Waals surface area (Å²) in [6.45, 7) is 0.729. The fraction of sp³-hybridized carbons (Fsp3) is 0.333. The lowest BCUT2D eigenvalue weighted by Crippen LogP contribution is -2.53. The van der Waals surface area contributed by atoms with Gasteiger partial charge in [0, 0.05) is 17.1 Å². The van der Waals surface area contributed by atoms with E-state index in [1.807, 2.05) is 24.3 Å². The van der Waals surface area contributed by atoms with Crippen LogP contribution < -0.4 is 11.1 Å². The number of halogens is 1. The third-order valence-corrected chi connectivity index (χ3v) is 3.62. The lowest BCUT2D eigenvalue weighted by Gasteiger charge is -2.33. The van der Waals surface area contributed by atoms with Crippen molar-refractivity contribution in [3.05, 3.63) is 34.3 Å². The molecule has 3 N–H and O–H groups in total. The van der Waals surface area contributed by atoms with Crippen LogP contribution in [0.15, 0.2) is 28.7 Å². The van der Waals surface area contributed by atoms with Crippen molar-refractivity contribution in [2.24, 2.45) is 5.73 Å². The fourth-order valence-corrected chi connectivity index (χ4v) is 2.65. The summed E-state index contributed by atoms with van der Waals surface area (Å²) in [7, 11) is 0. The van der Waals surface area contributed by atoms with E-state index in [-0.39, 0.29) is 30.9 Å². The Bertz CT molecular complexity index is 462. The van der Waals surface area contributed by atoms with Crippen LogP contribution in [0.3, 0.4) is 0 Å². The molecule has 0 aliphatic carbocycles. The van der Waals surface area contributed by atoms with Crippen molar-refractivity contribution >= 4 is 27.7 Å². The van der Waals surface area contributed by atoms with E-state index >= 15 is 0 Å². The summed E-state index contributed by atoms with van der Waals surface area (Å²) in [5.74, 6) is -0.562. The monoisotopic (exact) mass is 311 g/mol. The highest BCUT2D eigenvalue weighted by Crippen LogP contribution is 2.27. The zero-order chi connectivity index (χ0) is 13.1. The van der Waals surface area contributed by atoms with Gasteiger partial charge in [0.2, 0.25) is 11.8 Å². The molecule has 1 saturated heterocycles. The smallest absolute Gasteiger partial charge is 0.240 e. The van der Waals surface area contributed by atoms with Crippen LogP contribution in [0.2, 0.25) is 0 Å². The van der Waals surface area contributed by atoms with E-state index in [9.17, 15) is 9.59 Å². The molecule has 0 radical (unpaired) electrons. The molecule has 96 valence electrons. The average molecular weight is 312 g/mol. The molecule has 1 atom stereocenters. The highest BCUT2D eigenvalue weighted by molar-refractivity contribution is 9.10. The van der Waals surface area contributed by atoms with Gasteiger partial charge in [-0.2, -0.15) is 0 Å². The summed E-state index contributed by atoms with van der Waals surface area (Å²) < 4.78 is 0.930. The number of hydrogen-bond donors (Lipinski definition) is 2. The number of amides is 2. The summed E-state index contributed by atoms with van der Waals surface area (Å²) in [5, 5.41) is 2.28. The van der Waals surface area contributed by atoms with Crippen molar-refractivity contribution in [2.75, 3.05) is 19.6 Å². The zero-order valence-electron chi connectivity index (χ0n) is 9.73. The summed E-state index contributed by atoms with van der Waals surface area (Å²) in [6, 6.07) is 7.54. The molecule has 0 spiro atoms. The quantitative estimate of drug-likeness (QED) is 0.793. The van der Waals surface area contributed by atoms with E-state index in [1.54, 1.807) is 4.90 Å². The van der Waals surface area contributed by atoms with E-state index in [0.29, 0.717) is 6.54 Å². The lowest BCUT2D eigenvalue weighted by atomic mass is 10.0. The highest BCUT2D eigenvalue weighted by atomic mass is 79.9. The highest BCUT2D eigenvalue weighted by Gasteiger charge is 2.29. The molecule has 1 heterocycles. The van der Waals surface area contributed by atoms with Crippen molar-refractivity contribution in [3.8, 4) is 0 Å². The van der Waals surface area contributed by atoms with Gasteiger partial charge in [0.25, 0.3) is 0 Å². The van der Waals surface area contributed by atoms with Gasteiger partial charge in [0.1, 0.15) is 0 Å². The van der Waals surface area contributed by atoms with Gasteiger partial charge in [-0.05, 0) is 11.6 Å². The van der Waals surface area contributed by atoms with Crippen molar-refractivity contribution in [1.29, 1.82) is 0 Å². The summed E-state index contributed by atoms with van der Waals surface area (Å²) in [6.07, 6.45) is 0. The van der Waals surface area contributed by atoms with E-state index in [1.165, 1.54) is 0 Å². The Morgan fingerprint density at radius 2 is 1.89 bits per heavy atom. The first kappa shape index (κ1) is 13.2. The van der Waals surface area contributed by atoms with Crippen molar-refractivity contribution < 1.29 is 9.59 Å². The van der Waals surface area contributed by atoms with Gasteiger partial charge in [0.15, 0.2) is 0 Å². The summed E-state index contributed by atoms with van der Waals surface area (Å²) >= 11 is 3.47. The predicted octanol–water partition coefficient (Wildman–Crippen LogP) is 0.407. The number of nitrogens with two attached hydrogens (primary N) is 1. The lowest BCUT2D eigenvalue weighted by molar-refractivity contribution is -0.137. The fourth-order valence-electron chi connectivity index (χ4n) is 2.10. The number of benzene rings is 1. The average Bonchev–Trinajstić information content (AvgIpc) is 2.31. The SMILES string of the molecule is NCC(c1ccccc1Br)N1CC(=O)NC(=O)C1. The molecule has 0 bridgehead atoms. The Labute approximate surface area is 113 Å². The molecule has 1 aliphatic rings. The molecule has 0 aromatic heterocycles. The van der Waals surface area contributed by atoms with Gasteiger partial charge in [-0.15, -0.1) is 0 Å². The molecular weight excluding hydrogens is 298 g/mol. The molecule has 6 heteroatoms. The predicted molar refractivity (Wildman–Crippen MR) is 70.7 cm³/mol. The van der Waals surface area contributed by atoms with Crippen LogP contribution >= 0.6 is 15.9 Å². The Kier molecular flexibility index (Phi) is 4.11. The largest absolute Gasteiger partial charge is 0.329 e. The number of piperazine rings is 1. The Morgan fingerprint density at radius 1 is 1.28 bits per heavy atom. The van der Waals surface area contributed by atoms with Crippen LogP contribution in [0.1, 0.15) is 11.6 Å². The molecule has 1 aromatic rings. The van der Waals surface area contributed by atoms with E-state index < -0.39 is 0 Å². The molecule has 5 nitrogen and oxygen atoms in total. The second kappa shape index (κ2) is 5.60. The van der Waals surface area contributed by atoms with E-state index in [0.717, 1.165) is 10.0 Å². The number of imide groups is 1. The maximum atomic E-state index is 11.4. The Morgan fingerprint density at radius 3 is 2.44 bits per heavy atom. The zero-order valence-corrected chi connectivity index (χ0v) is 11.3. The van der Waals surface area contributed by atoms with Crippen LogP contribution in [0.25, 0.3) is 0 Å². The number of nitrogens with zero attached hydrogens (tertiary/aromatic N) is 1. The maximum Gasteiger partial charge on any atom is 0.240 e. The minimum Gasteiger partial charge on any atom is -0.329 e. The Balaban J connectivity index is 2.26. The summed E-state index contributed by atoms with van der Waals surface area (Å²) in [4.78, 5) is 24.6. The molecule has 1 unspecified atom stereocenters. The maximum absolute atomic E-state index is 11.4. The second-order valence-electron chi connectivity index (χ2n) is 4.15. The Hall–Kier alpha value is -1.24. The first-order valence-corrected chi connectivity index (χ1v) is 6.42. The molecule has 0 saturated carbocycles. The van der Waals surface area contributed by atoms with Gasteiger partial charge in [-0.25, -0.2) is 0 Å². The normalized spacial score (nSPS) is 18.6. The van der Waals surface area contributed by atoms with Crippen molar-refractivity contribution in [2.45, 2.75) is 6.04 Å². The van der Waals surface area contributed by atoms with Gasteiger partial charge in [0.05, 0.1) is 13.1 Å². The third-order valence-electron chi connectivity index (χ3n) is 2.90. The van der Waals surface area contributed by atoms with Crippen LogP contribution in [0, 0.1) is 0 Å². The van der Waals surface area contributed by atoms with Gasteiger partial charge < -0.3 is 5.73 Å². The molecule has 2 rings (SSSR count). The van der Waals surface area contributed by atoms with Crippen molar-refractivity contribution in [3.63, 3.8) is 0 Å². The molecular formula is C12H14BrN3O2. The topological polar surface area (TPSA) is 75.4 Å². The standard InChI is InChI=1S/C12H14BrN3O2/c13-9-4-2-1-3-8(9)10(5-14)16-6-11(17)15-12(18)7-16/h1-4,10H,5-7,14H2,(H,15,17,18). The first-order chi connectivity index (χ1) is 8.61. The van der Waals surface area contributed by atoms with E-state index in [4.69, 9.17) is 5.73 Å². The number of hydrogen-bond acceptors (Lipinski definition) is 4. The molecule has 1 aromatic carbocycles. The van der Waals surface area contributed by atoms with E-state index in [2.05, 4.69) is 21.2 Å². The number of rotatable bonds is 3. The third kappa shape index (κ3) is 2.77. The van der Waals surface area contributed by atoms with Gasteiger partial charge >= 0.3 is 0 Å². The second-order valence-corrected chi connectivity index (χ2v) is 5.00. The van der Waals surface area contributed by atoms with Crippen molar-refractivity contribution in [1.82, 2.24) is 10.2 Å². The van der Waals surface area contributed by atoms with Crippen LogP contribution in [0.5, 0.6) is 0 Å². The number of carbonyl (C=O) groups excluding carboxylic acids is 2. The van der Waals surface area contributed by atoms with Gasteiger partial charge in [-0.1, -0.05) is 34.1 Å². The summed E-state index contributed by atoms with van der Waals surface area (Å²) in [5.41, 5.74) is 6.78. The molecule has 1 fully saturated rings. The minimum atomic E-state index is -0.281. The number of carbonyl (C=O) groups is 2. The van der Waals surface area contributed by atoms with Crippen LogP contribution in [-0.2, 0) is 9.59 Å².